The topological polar surface area (TPSA) is 40.5 Å². The molecular formula is C22H33NO2. The van der Waals surface area contributed by atoms with Crippen molar-refractivity contribution >= 4 is 5.78 Å². The summed E-state index contributed by atoms with van der Waals surface area (Å²) in [4.78, 5) is 15.3. The Morgan fingerprint density at radius 2 is 2.00 bits per heavy atom. The second-order valence-corrected chi connectivity index (χ2v) is 8.16. The van der Waals surface area contributed by atoms with Crippen LogP contribution in [-0.4, -0.2) is 35.0 Å². The van der Waals surface area contributed by atoms with E-state index in [1.165, 1.54) is 5.56 Å². The lowest BCUT2D eigenvalue weighted by Crippen LogP contribution is -2.42. The highest BCUT2D eigenvalue weighted by molar-refractivity contribution is 5.83. The Bertz CT molecular complexity index is 579. The number of Topliss-reactive ketones (excluding diaryl/α,β-unsaturated/α-hetero) is 1. The van der Waals surface area contributed by atoms with E-state index in [1.807, 2.05) is 18.2 Å². The Morgan fingerprint density at radius 3 is 2.60 bits per heavy atom. The van der Waals surface area contributed by atoms with Gasteiger partial charge in [0.05, 0.1) is 6.61 Å². The van der Waals surface area contributed by atoms with Crippen molar-refractivity contribution < 1.29 is 9.90 Å². The number of benzene rings is 1. The van der Waals surface area contributed by atoms with Gasteiger partial charge in [-0.05, 0) is 30.2 Å². The molecule has 0 saturated heterocycles. The maximum atomic E-state index is 13.1. The van der Waals surface area contributed by atoms with Gasteiger partial charge in [0, 0.05) is 31.5 Å². The molecule has 0 saturated carbocycles. The van der Waals surface area contributed by atoms with Crippen LogP contribution in [0.2, 0.25) is 0 Å². The molecular weight excluding hydrogens is 310 g/mol. The highest BCUT2D eigenvalue weighted by Gasteiger charge is 2.39. The molecule has 3 atom stereocenters. The summed E-state index contributed by atoms with van der Waals surface area (Å²) in [5, 5.41) is 9.44. The van der Waals surface area contributed by atoms with Crippen molar-refractivity contribution in [3.05, 3.63) is 48.0 Å². The van der Waals surface area contributed by atoms with Crippen LogP contribution in [0.4, 0.5) is 0 Å². The second-order valence-electron chi connectivity index (χ2n) is 8.16. The van der Waals surface area contributed by atoms with Crippen molar-refractivity contribution in [3.8, 4) is 0 Å². The molecule has 25 heavy (non-hydrogen) atoms. The van der Waals surface area contributed by atoms with Gasteiger partial charge in [0.25, 0.3) is 0 Å². The van der Waals surface area contributed by atoms with Crippen LogP contribution in [0.15, 0.2) is 42.5 Å². The fraction of sp³-hybridized carbons (Fsp3) is 0.591. The van der Waals surface area contributed by atoms with Crippen molar-refractivity contribution in [3.63, 3.8) is 0 Å². The SMILES string of the molecule is CC1C=CCC(C)(C)C1C(=O)CC(C)N(CCO)Cc1ccccc1. The van der Waals surface area contributed by atoms with Crippen LogP contribution >= 0.6 is 0 Å². The fourth-order valence-electron chi connectivity index (χ4n) is 4.21. The zero-order chi connectivity index (χ0) is 18.4. The van der Waals surface area contributed by atoms with Gasteiger partial charge in [0.15, 0.2) is 0 Å². The Labute approximate surface area is 152 Å². The molecule has 1 aliphatic carbocycles. The van der Waals surface area contributed by atoms with Crippen LogP contribution < -0.4 is 0 Å². The van der Waals surface area contributed by atoms with E-state index in [0.717, 1.165) is 13.0 Å². The third kappa shape index (κ3) is 5.26. The molecule has 0 spiro atoms. The predicted molar refractivity (Wildman–Crippen MR) is 103 cm³/mol. The standard InChI is InChI=1S/C22H33NO2/c1-17-9-8-12-22(3,4)21(17)20(25)15-18(2)23(13-14-24)16-19-10-6-5-7-11-19/h5-11,17-18,21,24H,12-16H2,1-4H3. The summed E-state index contributed by atoms with van der Waals surface area (Å²) in [6.07, 6.45) is 5.91. The number of carbonyl (C=O) groups is 1. The lowest BCUT2D eigenvalue weighted by Gasteiger charge is -2.40. The first-order valence-electron chi connectivity index (χ1n) is 9.43. The van der Waals surface area contributed by atoms with Crippen molar-refractivity contribution in [2.45, 2.75) is 53.1 Å². The molecule has 0 aromatic heterocycles. The van der Waals surface area contributed by atoms with Crippen LogP contribution in [0.25, 0.3) is 0 Å². The molecule has 0 amide bonds. The summed E-state index contributed by atoms with van der Waals surface area (Å²) < 4.78 is 0. The van der Waals surface area contributed by atoms with Crippen molar-refractivity contribution in [1.29, 1.82) is 0 Å². The number of hydrogen-bond acceptors (Lipinski definition) is 3. The highest BCUT2D eigenvalue weighted by atomic mass is 16.3. The van der Waals surface area contributed by atoms with E-state index >= 15 is 0 Å². The second kappa shape index (κ2) is 8.77. The molecule has 2 rings (SSSR count). The van der Waals surface area contributed by atoms with E-state index in [4.69, 9.17) is 0 Å². The lowest BCUT2D eigenvalue weighted by atomic mass is 9.64. The first kappa shape index (κ1) is 19.9. The molecule has 3 unspecified atom stereocenters. The van der Waals surface area contributed by atoms with E-state index in [0.29, 0.717) is 24.7 Å². The van der Waals surface area contributed by atoms with E-state index in [-0.39, 0.29) is 24.0 Å². The molecule has 1 aromatic carbocycles. The van der Waals surface area contributed by atoms with Crippen molar-refractivity contribution in [2.24, 2.45) is 17.3 Å². The van der Waals surface area contributed by atoms with Gasteiger partial charge >= 0.3 is 0 Å². The first-order valence-corrected chi connectivity index (χ1v) is 9.43. The molecule has 138 valence electrons. The molecule has 3 heteroatoms. The minimum absolute atomic E-state index is 0.0200. The Hall–Kier alpha value is -1.45. The third-order valence-corrected chi connectivity index (χ3v) is 5.53. The minimum atomic E-state index is 0.0200. The number of aliphatic hydroxyl groups is 1. The molecule has 0 fully saturated rings. The molecule has 0 aliphatic heterocycles. The normalized spacial score (nSPS) is 23.6. The van der Waals surface area contributed by atoms with E-state index in [1.54, 1.807) is 0 Å². The largest absolute Gasteiger partial charge is 0.395 e. The first-order chi connectivity index (χ1) is 11.8. The van der Waals surface area contributed by atoms with Gasteiger partial charge < -0.3 is 5.11 Å². The average Bonchev–Trinajstić information content (AvgIpc) is 2.54. The van der Waals surface area contributed by atoms with Crippen molar-refractivity contribution in [2.75, 3.05) is 13.2 Å². The van der Waals surface area contributed by atoms with Crippen LogP contribution in [0.1, 0.15) is 46.1 Å². The average molecular weight is 344 g/mol. The summed E-state index contributed by atoms with van der Waals surface area (Å²) >= 11 is 0. The quantitative estimate of drug-likeness (QED) is 0.724. The predicted octanol–water partition coefficient (Wildman–Crippen LogP) is 4.07. The summed E-state index contributed by atoms with van der Waals surface area (Å²) in [6.45, 7) is 10.1. The van der Waals surface area contributed by atoms with Gasteiger partial charge in [-0.15, -0.1) is 0 Å². The van der Waals surface area contributed by atoms with Crippen molar-refractivity contribution in [1.82, 2.24) is 4.90 Å². The fourth-order valence-corrected chi connectivity index (χ4v) is 4.21. The maximum absolute atomic E-state index is 13.1. The van der Waals surface area contributed by atoms with E-state index < -0.39 is 0 Å². The van der Waals surface area contributed by atoms with Gasteiger partial charge in [-0.3, -0.25) is 9.69 Å². The van der Waals surface area contributed by atoms with Gasteiger partial charge in [-0.1, -0.05) is 63.3 Å². The molecule has 0 heterocycles. The van der Waals surface area contributed by atoms with Gasteiger partial charge in [0.2, 0.25) is 0 Å². The molecule has 1 aliphatic rings. The number of nitrogens with zero attached hydrogens (tertiary/aromatic N) is 1. The number of aliphatic hydroxyl groups excluding tert-OH is 1. The molecule has 1 N–H and O–H groups in total. The monoisotopic (exact) mass is 343 g/mol. The number of carbonyl (C=O) groups excluding carboxylic acids is 1. The zero-order valence-corrected chi connectivity index (χ0v) is 16.1. The summed E-state index contributed by atoms with van der Waals surface area (Å²) in [5.41, 5.74) is 1.23. The molecule has 0 radical (unpaired) electrons. The minimum Gasteiger partial charge on any atom is -0.395 e. The van der Waals surface area contributed by atoms with Crippen LogP contribution in [0, 0.1) is 17.3 Å². The van der Waals surface area contributed by atoms with E-state index in [2.05, 4.69) is 56.9 Å². The smallest absolute Gasteiger partial charge is 0.138 e. The molecule has 1 aromatic rings. The summed E-state index contributed by atoms with van der Waals surface area (Å²) in [6, 6.07) is 10.4. The molecule has 3 nitrogen and oxygen atoms in total. The molecule has 0 bridgehead atoms. The van der Waals surface area contributed by atoms with Crippen LogP contribution in [0.5, 0.6) is 0 Å². The van der Waals surface area contributed by atoms with Gasteiger partial charge in [-0.2, -0.15) is 0 Å². The van der Waals surface area contributed by atoms with Gasteiger partial charge in [0.1, 0.15) is 5.78 Å². The zero-order valence-electron chi connectivity index (χ0n) is 16.1. The Morgan fingerprint density at radius 1 is 1.32 bits per heavy atom. The Kier molecular flexibility index (Phi) is 6.97. The van der Waals surface area contributed by atoms with Crippen LogP contribution in [-0.2, 0) is 11.3 Å². The number of ketones is 1. The van der Waals surface area contributed by atoms with Crippen LogP contribution in [0.3, 0.4) is 0 Å². The van der Waals surface area contributed by atoms with Gasteiger partial charge in [-0.25, -0.2) is 0 Å². The number of allylic oxidation sites excluding steroid dienone is 2. The Balaban J connectivity index is 2.05. The maximum Gasteiger partial charge on any atom is 0.138 e. The lowest BCUT2D eigenvalue weighted by molar-refractivity contribution is -0.129. The third-order valence-electron chi connectivity index (χ3n) is 5.53. The number of rotatable bonds is 8. The van der Waals surface area contributed by atoms with E-state index in [9.17, 15) is 9.90 Å². The highest BCUT2D eigenvalue weighted by Crippen LogP contribution is 2.41. The number of hydrogen-bond donors (Lipinski definition) is 1. The summed E-state index contributed by atoms with van der Waals surface area (Å²) in [7, 11) is 0. The summed E-state index contributed by atoms with van der Waals surface area (Å²) in [5.74, 6) is 0.724.